The third kappa shape index (κ3) is 6.52. The van der Waals surface area contributed by atoms with E-state index in [1.165, 1.54) is 17.4 Å². The summed E-state index contributed by atoms with van der Waals surface area (Å²) in [5.74, 6) is 1.12. The molecule has 1 aliphatic rings. The van der Waals surface area contributed by atoms with Gasteiger partial charge in [0.15, 0.2) is 11.0 Å². The number of thioether (sulfide) groups is 1. The van der Waals surface area contributed by atoms with Crippen molar-refractivity contribution < 1.29 is 9.59 Å². The number of benzene rings is 2. The van der Waals surface area contributed by atoms with Crippen LogP contribution < -0.4 is 10.2 Å². The minimum atomic E-state index is -0.295. The maximum Gasteiger partial charge on any atom is 0.251 e. The zero-order valence-electron chi connectivity index (χ0n) is 22.1. The summed E-state index contributed by atoms with van der Waals surface area (Å²) in [6.45, 7) is 11.8. The van der Waals surface area contributed by atoms with Crippen LogP contribution in [0.4, 0.5) is 5.69 Å². The summed E-state index contributed by atoms with van der Waals surface area (Å²) in [7, 11) is 0. The Bertz CT molecular complexity index is 1200. The average molecular weight is 521 g/mol. The second-order valence-electron chi connectivity index (χ2n) is 9.64. The fraction of sp³-hybridized carbons (Fsp3) is 0.429. The number of carbonyl (C=O) groups is 2. The topological polar surface area (TPSA) is 83.4 Å². The van der Waals surface area contributed by atoms with E-state index in [2.05, 4.69) is 46.4 Å². The maximum atomic E-state index is 13.0. The minimum absolute atomic E-state index is 0.109. The van der Waals surface area contributed by atoms with Crippen molar-refractivity contribution in [1.29, 1.82) is 0 Å². The highest BCUT2D eigenvalue weighted by molar-refractivity contribution is 7.99. The van der Waals surface area contributed by atoms with E-state index in [0.717, 1.165) is 18.7 Å². The standard InChI is InChI=1S/C28H36N6O2S/c1-5-34-26(25(20(2)3)29-27(36)22-11-9-10-21(4)18-22)30-31-28(34)37-19-24(35)33-16-14-32(15-17-33)23-12-7-6-8-13-23/h6-13,18,20,25H,5,14-17,19H2,1-4H3,(H,29,36)/t25-/m1/s1. The van der Waals surface area contributed by atoms with E-state index >= 15 is 0 Å². The molecule has 1 N–H and O–H groups in total. The number of aryl methyl sites for hydroxylation is 1. The lowest BCUT2D eigenvalue weighted by molar-refractivity contribution is -0.128. The third-order valence-electron chi connectivity index (χ3n) is 6.65. The molecule has 37 heavy (non-hydrogen) atoms. The monoisotopic (exact) mass is 520 g/mol. The van der Waals surface area contributed by atoms with Crippen LogP contribution in [0.3, 0.4) is 0 Å². The first-order valence-corrected chi connectivity index (χ1v) is 13.9. The van der Waals surface area contributed by atoms with Crippen LogP contribution in [0.1, 0.15) is 48.6 Å². The van der Waals surface area contributed by atoms with Crippen LogP contribution in [0.2, 0.25) is 0 Å². The molecule has 0 saturated carbocycles. The molecule has 8 nitrogen and oxygen atoms in total. The molecule has 1 saturated heterocycles. The molecule has 2 amide bonds. The van der Waals surface area contributed by atoms with Gasteiger partial charge in [0.25, 0.3) is 5.91 Å². The Kier molecular flexibility index (Phi) is 8.87. The quantitative estimate of drug-likeness (QED) is 0.427. The van der Waals surface area contributed by atoms with Crippen molar-refractivity contribution in [2.75, 3.05) is 36.8 Å². The summed E-state index contributed by atoms with van der Waals surface area (Å²) in [6, 6.07) is 17.6. The van der Waals surface area contributed by atoms with Crippen LogP contribution in [0.15, 0.2) is 59.8 Å². The Labute approximate surface area is 223 Å². The van der Waals surface area contributed by atoms with Gasteiger partial charge in [-0.25, -0.2) is 0 Å². The first-order chi connectivity index (χ1) is 17.9. The number of hydrogen-bond acceptors (Lipinski definition) is 6. The molecule has 196 valence electrons. The molecule has 2 aromatic carbocycles. The molecule has 0 unspecified atom stereocenters. The smallest absolute Gasteiger partial charge is 0.251 e. The molecule has 0 spiro atoms. The highest BCUT2D eigenvalue weighted by Gasteiger charge is 2.27. The van der Waals surface area contributed by atoms with Crippen molar-refractivity contribution in [3.63, 3.8) is 0 Å². The number of anilines is 1. The number of piperazine rings is 1. The predicted molar refractivity (Wildman–Crippen MR) is 148 cm³/mol. The van der Waals surface area contributed by atoms with Crippen molar-refractivity contribution in [3.05, 3.63) is 71.5 Å². The van der Waals surface area contributed by atoms with Crippen molar-refractivity contribution >= 4 is 29.3 Å². The van der Waals surface area contributed by atoms with Crippen LogP contribution >= 0.6 is 11.8 Å². The Balaban J connectivity index is 1.38. The number of nitrogens with zero attached hydrogens (tertiary/aromatic N) is 5. The third-order valence-corrected chi connectivity index (χ3v) is 7.60. The lowest BCUT2D eigenvalue weighted by Crippen LogP contribution is -2.49. The van der Waals surface area contributed by atoms with E-state index in [9.17, 15) is 9.59 Å². The highest BCUT2D eigenvalue weighted by atomic mass is 32.2. The van der Waals surface area contributed by atoms with Gasteiger partial charge in [-0.3, -0.25) is 9.59 Å². The van der Waals surface area contributed by atoms with Gasteiger partial charge in [0.05, 0.1) is 11.8 Å². The van der Waals surface area contributed by atoms with Gasteiger partial charge in [-0.05, 0) is 44.0 Å². The van der Waals surface area contributed by atoms with Crippen molar-refractivity contribution in [3.8, 4) is 0 Å². The molecule has 1 aliphatic heterocycles. The van der Waals surface area contributed by atoms with E-state index in [1.54, 1.807) is 0 Å². The minimum Gasteiger partial charge on any atom is -0.368 e. The van der Waals surface area contributed by atoms with Crippen molar-refractivity contribution in [1.82, 2.24) is 25.0 Å². The zero-order chi connectivity index (χ0) is 26.4. The van der Waals surface area contributed by atoms with E-state index in [-0.39, 0.29) is 23.8 Å². The maximum absolute atomic E-state index is 13.0. The molecular weight excluding hydrogens is 484 g/mol. The Morgan fingerprint density at radius 3 is 2.38 bits per heavy atom. The molecule has 9 heteroatoms. The fourth-order valence-electron chi connectivity index (χ4n) is 4.54. The zero-order valence-corrected chi connectivity index (χ0v) is 22.9. The molecule has 2 heterocycles. The lowest BCUT2D eigenvalue weighted by Gasteiger charge is -2.36. The summed E-state index contributed by atoms with van der Waals surface area (Å²) in [4.78, 5) is 30.2. The molecule has 1 fully saturated rings. The largest absolute Gasteiger partial charge is 0.368 e. The first kappa shape index (κ1) is 26.7. The number of carbonyl (C=O) groups excluding carboxylic acids is 2. The second kappa shape index (κ2) is 12.3. The molecule has 0 radical (unpaired) electrons. The molecular formula is C28H36N6O2S. The number of rotatable bonds is 9. The normalized spacial score (nSPS) is 14.6. The number of aromatic nitrogens is 3. The summed E-state index contributed by atoms with van der Waals surface area (Å²) in [6.07, 6.45) is 0. The molecule has 4 rings (SSSR count). The van der Waals surface area contributed by atoms with Gasteiger partial charge in [0, 0.05) is 44.0 Å². The Morgan fingerprint density at radius 2 is 1.73 bits per heavy atom. The van der Waals surface area contributed by atoms with Gasteiger partial charge in [-0.1, -0.05) is 61.5 Å². The summed E-state index contributed by atoms with van der Waals surface area (Å²) in [5.41, 5.74) is 2.86. The number of para-hydroxylation sites is 1. The van der Waals surface area contributed by atoms with Crippen LogP contribution in [0.25, 0.3) is 0 Å². The van der Waals surface area contributed by atoms with Gasteiger partial charge < -0.3 is 19.7 Å². The van der Waals surface area contributed by atoms with E-state index in [4.69, 9.17) is 0 Å². The fourth-order valence-corrected chi connectivity index (χ4v) is 5.46. The lowest BCUT2D eigenvalue weighted by atomic mass is 10.0. The SMILES string of the molecule is CCn1c(SCC(=O)N2CCN(c3ccccc3)CC2)nnc1[C@H](NC(=O)c1cccc(C)c1)C(C)C. The van der Waals surface area contributed by atoms with Crippen LogP contribution in [0.5, 0.6) is 0 Å². The van der Waals surface area contributed by atoms with Crippen LogP contribution in [-0.4, -0.2) is 63.4 Å². The summed E-state index contributed by atoms with van der Waals surface area (Å²) in [5, 5.41) is 12.7. The Morgan fingerprint density at radius 1 is 1.00 bits per heavy atom. The van der Waals surface area contributed by atoms with Gasteiger partial charge in [0.1, 0.15) is 0 Å². The number of amides is 2. The van der Waals surface area contributed by atoms with Gasteiger partial charge in [-0.15, -0.1) is 10.2 Å². The van der Waals surface area contributed by atoms with E-state index in [0.29, 0.717) is 41.9 Å². The predicted octanol–water partition coefficient (Wildman–Crippen LogP) is 4.17. The van der Waals surface area contributed by atoms with Crippen LogP contribution in [-0.2, 0) is 11.3 Å². The number of hydrogen-bond donors (Lipinski definition) is 1. The highest BCUT2D eigenvalue weighted by Crippen LogP contribution is 2.26. The second-order valence-corrected chi connectivity index (χ2v) is 10.6. The molecule has 1 atom stereocenters. The van der Waals surface area contributed by atoms with Gasteiger partial charge in [-0.2, -0.15) is 0 Å². The van der Waals surface area contributed by atoms with E-state index < -0.39 is 0 Å². The van der Waals surface area contributed by atoms with E-state index in [1.807, 2.05) is 65.8 Å². The molecule has 1 aromatic heterocycles. The number of nitrogens with one attached hydrogen (secondary N) is 1. The average Bonchev–Trinajstić information content (AvgIpc) is 3.33. The molecule has 0 bridgehead atoms. The summed E-state index contributed by atoms with van der Waals surface area (Å²) < 4.78 is 2.01. The van der Waals surface area contributed by atoms with Crippen molar-refractivity contribution in [2.45, 2.75) is 45.4 Å². The first-order valence-electron chi connectivity index (χ1n) is 12.9. The summed E-state index contributed by atoms with van der Waals surface area (Å²) >= 11 is 1.41. The van der Waals surface area contributed by atoms with Crippen LogP contribution in [0, 0.1) is 12.8 Å². The Hall–Kier alpha value is -3.33. The molecule has 3 aromatic rings. The van der Waals surface area contributed by atoms with Gasteiger partial charge in [0.2, 0.25) is 5.91 Å². The van der Waals surface area contributed by atoms with Gasteiger partial charge >= 0.3 is 0 Å². The van der Waals surface area contributed by atoms with Crippen molar-refractivity contribution in [2.24, 2.45) is 5.92 Å². The molecule has 0 aliphatic carbocycles.